The lowest BCUT2D eigenvalue weighted by atomic mass is 9.78. The molecule has 0 bridgehead atoms. The van der Waals surface area contributed by atoms with Gasteiger partial charge < -0.3 is 15.4 Å². The average molecular weight is 341 g/mol. The lowest BCUT2D eigenvalue weighted by molar-refractivity contribution is -0.125. The van der Waals surface area contributed by atoms with Crippen molar-refractivity contribution in [3.05, 3.63) is 35.9 Å². The van der Waals surface area contributed by atoms with Gasteiger partial charge in [-0.3, -0.25) is 4.79 Å². The minimum absolute atomic E-state index is 0. The van der Waals surface area contributed by atoms with Crippen LogP contribution >= 0.6 is 12.4 Å². The molecule has 2 rings (SSSR count). The first kappa shape index (κ1) is 19.9. The summed E-state index contributed by atoms with van der Waals surface area (Å²) in [6, 6.07) is 10.7. The Labute approximate surface area is 145 Å². The monoisotopic (exact) mass is 340 g/mol. The van der Waals surface area contributed by atoms with Gasteiger partial charge in [0.15, 0.2) is 0 Å². The predicted molar refractivity (Wildman–Crippen MR) is 96.1 cm³/mol. The number of halogens is 1. The highest BCUT2D eigenvalue weighted by molar-refractivity contribution is 5.85. The van der Waals surface area contributed by atoms with Gasteiger partial charge >= 0.3 is 0 Å². The molecule has 1 aromatic carbocycles. The van der Waals surface area contributed by atoms with Crippen LogP contribution in [-0.2, 0) is 9.53 Å². The van der Waals surface area contributed by atoms with E-state index in [1.165, 1.54) is 5.56 Å². The number of carbonyl (C=O) groups is 1. The van der Waals surface area contributed by atoms with Gasteiger partial charge in [0.05, 0.1) is 6.61 Å². The maximum Gasteiger partial charge on any atom is 0.223 e. The first-order chi connectivity index (χ1) is 10.8. The van der Waals surface area contributed by atoms with Gasteiger partial charge in [0.25, 0.3) is 0 Å². The zero-order chi connectivity index (χ0) is 15.6. The number of ether oxygens (including phenoxy) is 1. The molecule has 5 heteroatoms. The van der Waals surface area contributed by atoms with Crippen LogP contribution in [0.3, 0.4) is 0 Å². The molecule has 0 unspecified atom stereocenters. The van der Waals surface area contributed by atoms with Crippen molar-refractivity contribution in [2.45, 2.75) is 31.6 Å². The highest BCUT2D eigenvalue weighted by Crippen LogP contribution is 2.35. The van der Waals surface area contributed by atoms with E-state index in [1.54, 1.807) is 7.11 Å². The second kappa shape index (κ2) is 11.4. The van der Waals surface area contributed by atoms with Crippen LogP contribution in [0, 0.1) is 5.92 Å². The average Bonchev–Trinajstić information content (AvgIpc) is 2.59. The van der Waals surface area contributed by atoms with Gasteiger partial charge in [-0.15, -0.1) is 12.4 Å². The molecule has 1 amide bonds. The Hall–Kier alpha value is -1.10. The van der Waals surface area contributed by atoms with E-state index in [0.29, 0.717) is 19.1 Å². The third-order valence-electron chi connectivity index (χ3n) is 4.45. The third kappa shape index (κ3) is 6.90. The van der Waals surface area contributed by atoms with Crippen LogP contribution in [0.4, 0.5) is 0 Å². The Kier molecular flexibility index (Phi) is 9.92. The lowest BCUT2D eigenvalue weighted by Crippen LogP contribution is -2.37. The molecule has 0 aliphatic heterocycles. The largest absolute Gasteiger partial charge is 0.383 e. The quantitative estimate of drug-likeness (QED) is 0.715. The molecule has 0 atom stereocenters. The summed E-state index contributed by atoms with van der Waals surface area (Å²) in [5.74, 6) is 1.04. The Morgan fingerprint density at radius 2 is 1.78 bits per heavy atom. The number of benzene rings is 1. The molecule has 1 aromatic rings. The fourth-order valence-electron chi connectivity index (χ4n) is 3.13. The Balaban J connectivity index is 0.00000264. The fourth-order valence-corrected chi connectivity index (χ4v) is 3.13. The van der Waals surface area contributed by atoms with Crippen molar-refractivity contribution in [3.63, 3.8) is 0 Å². The molecule has 1 aliphatic carbocycles. The summed E-state index contributed by atoms with van der Waals surface area (Å²) < 4.78 is 4.96. The number of hydrogen-bond donors (Lipinski definition) is 2. The van der Waals surface area contributed by atoms with E-state index < -0.39 is 0 Å². The second-order valence-corrected chi connectivity index (χ2v) is 5.99. The molecular formula is C18H29ClN2O2. The lowest BCUT2D eigenvalue weighted by Gasteiger charge is -2.28. The number of hydrogen-bond acceptors (Lipinski definition) is 3. The molecule has 1 saturated carbocycles. The molecule has 1 fully saturated rings. The van der Waals surface area contributed by atoms with Gasteiger partial charge in [0.2, 0.25) is 5.91 Å². The van der Waals surface area contributed by atoms with Crippen LogP contribution in [-0.4, -0.2) is 39.3 Å². The molecule has 130 valence electrons. The van der Waals surface area contributed by atoms with Gasteiger partial charge in [-0.25, -0.2) is 0 Å². The van der Waals surface area contributed by atoms with Gasteiger partial charge in [0.1, 0.15) is 0 Å². The number of amides is 1. The summed E-state index contributed by atoms with van der Waals surface area (Å²) in [4.78, 5) is 12.2. The van der Waals surface area contributed by atoms with E-state index in [4.69, 9.17) is 4.74 Å². The first-order valence-electron chi connectivity index (χ1n) is 8.33. The smallest absolute Gasteiger partial charge is 0.223 e. The van der Waals surface area contributed by atoms with Crippen LogP contribution in [0.1, 0.15) is 37.2 Å². The summed E-state index contributed by atoms with van der Waals surface area (Å²) in [6.45, 7) is 3.03. The van der Waals surface area contributed by atoms with Crippen molar-refractivity contribution in [2.75, 3.05) is 33.4 Å². The van der Waals surface area contributed by atoms with E-state index in [0.717, 1.165) is 38.8 Å². The van der Waals surface area contributed by atoms with Gasteiger partial charge in [-0.2, -0.15) is 0 Å². The van der Waals surface area contributed by atoms with Crippen LogP contribution in [0.2, 0.25) is 0 Å². The van der Waals surface area contributed by atoms with Crippen molar-refractivity contribution in [2.24, 2.45) is 5.92 Å². The Morgan fingerprint density at radius 3 is 2.43 bits per heavy atom. The number of methoxy groups -OCH3 is 1. The van der Waals surface area contributed by atoms with Crippen LogP contribution < -0.4 is 10.6 Å². The molecule has 0 radical (unpaired) electrons. The van der Waals surface area contributed by atoms with Crippen molar-refractivity contribution < 1.29 is 9.53 Å². The summed E-state index contributed by atoms with van der Waals surface area (Å²) in [5.41, 5.74) is 1.42. The molecule has 0 saturated heterocycles. The van der Waals surface area contributed by atoms with Crippen molar-refractivity contribution in [3.8, 4) is 0 Å². The molecule has 4 nitrogen and oxygen atoms in total. The highest BCUT2D eigenvalue weighted by atomic mass is 35.5. The molecule has 23 heavy (non-hydrogen) atoms. The number of carbonyl (C=O) groups excluding carboxylic acids is 1. The second-order valence-electron chi connectivity index (χ2n) is 5.99. The molecular weight excluding hydrogens is 312 g/mol. The highest BCUT2D eigenvalue weighted by Gasteiger charge is 2.26. The number of rotatable bonds is 8. The van der Waals surface area contributed by atoms with Crippen molar-refractivity contribution in [1.29, 1.82) is 0 Å². The summed E-state index contributed by atoms with van der Waals surface area (Å²) in [6.07, 6.45) is 4.24. The topological polar surface area (TPSA) is 50.4 Å². The van der Waals surface area contributed by atoms with Crippen LogP contribution in [0.25, 0.3) is 0 Å². The maximum absolute atomic E-state index is 12.2. The Morgan fingerprint density at radius 1 is 1.09 bits per heavy atom. The summed E-state index contributed by atoms with van der Waals surface area (Å²) in [7, 11) is 1.69. The van der Waals surface area contributed by atoms with E-state index in [1.807, 2.05) is 0 Å². The van der Waals surface area contributed by atoms with E-state index in [2.05, 4.69) is 41.0 Å². The zero-order valence-electron chi connectivity index (χ0n) is 13.9. The SMILES string of the molecule is COCCNCCNC(=O)C1CCC(c2ccccc2)CC1.Cl. The molecule has 0 heterocycles. The Bertz CT molecular complexity index is 434. The van der Waals surface area contributed by atoms with Gasteiger partial charge in [0, 0.05) is 32.7 Å². The molecule has 0 aromatic heterocycles. The van der Waals surface area contributed by atoms with E-state index in [9.17, 15) is 4.79 Å². The zero-order valence-corrected chi connectivity index (χ0v) is 14.7. The first-order valence-corrected chi connectivity index (χ1v) is 8.33. The summed E-state index contributed by atoms with van der Waals surface area (Å²) >= 11 is 0. The van der Waals surface area contributed by atoms with Gasteiger partial charge in [-0.1, -0.05) is 30.3 Å². The third-order valence-corrected chi connectivity index (χ3v) is 4.45. The molecule has 2 N–H and O–H groups in total. The van der Waals surface area contributed by atoms with Crippen LogP contribution in [0.15, 0.2) is 30.3 Å². The van der Waals surface area contributed by atoms with Crippen molar-refractivity contribution in [1.82, 2.24) is 10.6 Å². The minimum Gasteiger partial charge on any atom is -0.383 e. The fraction of sp³-hybridized carbons (Fsp3) is 0.611. The summed E-state index contributed by atoms with van der Waals surface area (Å²) in [5, 5.41) is 6.28. The van der Waals surface area contributed by atoms with Gasteiger partial charge in [-0.05, 0) is 37.2 Å². The van der Waals surface area contributed by atoms with Crippen molar-refractivity contribution >= 4 is 18.3 Å². The number of nitrogens with one attached hydrogen (secondary N) is 2. The minimum atomic E-state index is 0. The predicted octanol–water partition coefficient (Wildman–Crippen LogP) is 2.73. The van der Waals surface area contributed by atoms with Crippen LogP contribution in [0.5, 0.6) is 0 Å². The standard InChI is InChI=1S/C18H28N2O2.ClH/c1-22-14-13-19-11-12-20-18(21)17-9-7-16(8-10-17)15-5-3-2-4-6-15;/h2-6,16-17,19H,7-14H2,1H3,(H,20,21);1H. The van der Waals surface area contributed by atoms with E-state index >= 15 is 0 Å². The van der Waals surface area contributed by atoms with E-state index in [-0.39, 0.29) is 24.2 Å². The normalized spacial score (nSPS) is 20.6. The maximum atomic E-state index is 12.2. The molecule has 0 spiro atoms. The molecule has 1 aliphatic rings.